The number of ether oxygens (including phenoxy) is 1. The van der Waals surface area contributed by atoms with Crippen molar-refractivity contribution in [2.45, 2.75) is 12.8 Å². The molecule has 4 rings (SSSR count). The number of hydrogen-bond acceptors (Lipinski definition) is 4. The molecule has 148 valence electrons. The Morgan fingerprint density at radius 1 is 1.07 bits per heavy atom. The predicted octanol–water partition coefficient (Wildman–Crippen LogP) is 3.19. The van der Waals surface area contributed by atoms with E-state index in [1.807, 2.05) is 24.3 Å². The average Bonchev–Trinajstić information content (AvgIpc) is 2.69. The van der Waals surface area contributed by atoms with E-state index in [0.29, 0.717) is 29.9 Å². The molecule has 1 fully saturated rings. The Morgan fingerprint density at radius 3 is 2.57 bits per heavy atom. The van der Waals surface area contributed by atoms with Crippen molar-refractivity contribution in [3.63, 3.8) is 0 Å². The number of rotatable bonds is 4. The number of anilines is 3. The molecule has 1 saturated heterocycles. The Bertz CT molecular complexity index is 851. The third-order valence-electron chi connectivity index (χ3n) is 5.16. The molecule has 2 aliphatic rings. The minimum absolute atomic E-state index is 0.0285. The largest absolute Gasteiger partial charge is 0.378 e. The summed E-state index contributed by atoms with van der Waals surface area (Å²) in [6.45, 7) is 3.74. The van der Waals surface area contributed by atoms with Gasteiger partial charge in [-0.15, -0.1) is 0 Å². The average molecular weight is 387 g/mol. The van der Waals surface area contributed by atoms with Crippen LogP contribution in [0, 0.1) is 11.6 Å². The van der Waals surface area contributed by atoms with Crippen LogP contribution in [0.15, 0.2) is 36.4 Å². The molecule has 0 bridgehead atoms. The second kappa shape index (κ2) is 8.14. The Hall–Kier alpha value is -2.67. The fraction of sp³-hybridized carbons (Fsp3) is 0.381. The Balaban J connectivity index is 1.40. The van der Waals surface area contributed by atoms with Gasteiger partial charge in [0.1, 0.15) is 11.6 Å². The van der Waals surface area contributed by atoms with Crippen LogP contribution in [0.5, 0.6) is 0 Å². The molecule has 5 nitrogen and oxygen atoms in total. The van der Waals surface area contributed by atoms with Crippen LogP contribution in [0.25, 0.3) is 0 Å². The third kappa shape index (κ3) is 4.09. The summed E-state index contributed by atoms with van der Waals surface area (Å²) >= 11 is 0. The van der Waals surface area contributed by atoms with Gasteiger partial charge in [-0.3, -0.25) is 4.79 Å². The first kappa shape index (κ1) is 18.7. The van der Waals surface area contributed by atoms with Crippen LogP contribution in [0.2, 0.25) is 0 Å². The number of halogens is 2. The quantitative estimate of drug-likeness (QED) is 0.875. The van der Waals surface area contributed by atoms with Crippen molar-refractivity contribution >= 4 is 23.0 Å². The smallest absolute Gasteiger partial charge is 0.243 e. The number of hydrogen-bond donors (Lipinski definition) is 1. The van der Waals surface area contributed by atoms with E-state index in [2.05, 4.69) is 10.2 Å². The summed E-state index contributed by atoms with van der Waals surface area (Å²) in [7, 11) is 0. The SMILES string of the molecule is O=C(CN1CCCc2cc(F)cc(F)c21)Nc1ccc(N2CCOCC2)cc1. The zero-order valence-corrected chi connectivity index (χ0v) is 15.6. The molecule has 1 amide bonds. The number of nitrogens with zero attached hydrogens (tertiary/aromatic N) is 2. The molecular formula is C21H23F2N3O2. The van der Waals surface area contributed by atoms with E-state index >= 15 is 0 Å². The fourth-order valence-electron chi connectivity index (χ4n) is 3.85. The minimum Gasteiger partial charge on any atom is -0.378 e. The van der Waals surface area contributed by atoms with Gasteiger partial charge in [-0.25, -0.2) is 8.78 Å². The van der Waals surface area contributed by atoms with Crippen molar-refractivity contribution in [2.75, 3.05) is 54.5 Å². The Morgan fingerprint density at radius 2 is 1.82 bits per heavy atom. The molecule has 2 aliphatic heterocycles. The third-order valence-corrected chi connectivity index (χ3v) is 5.16. The number of aryl methyl sites for hydroxylation is 1. The van der Waals surface area contributed by atoms with Gasteiger partial charge in [0, 0.05) is 37.1 Å². The summed E-state index contributed by atoms with van der Waals surface area (Å²) in [6, 6.07) is 9.90. The molecule has 0 aromatic heterocycles. The highest BCUT2D eigenvalue weighted by atomic mass is 19.1. The van der Waals surface area contributed by atoms with Crippen LogP contribution in [0.4, 0.5) is 25.8 Å². The van der Waals surface area contributed by atoms with Crippen LogP contribution in [0.1, 0.15) is 12.0 Å². The molecule has 0 saturated carbocycles. The van der Waals surface area contributed by atoms with Gasteiger partial charge in [0.05, 0.1) is 25.4 Å². The highest BCUT2D eigenvalue weighted by Crippen LogP contribution is 2.31. The van der Waals surface area contributed by atoms with Crippen LogP contribution >= 0.6 is 0 Å². The van der Waals surface area contributed by atoms with Gasteiger partial charge >= 0.3 is 0 Å². The molecule has 2 aromatic rings. The van der Waals surface area contributed by atoms with Crippen molar-refractivity contribution in [2.24, 2.45) is 0 Å². The first-order valence-corrected chi connectivity index (χ1v) is 9.55. The van der Waals surface area contributed by atoms with Crippen LogP contribution < -0.4 is 15.1 Å². The van der Waals surface area contributed by atoms with Gasteiger partial charge in [-0.2, -0.15) is 0 Å². The molecule has 0 aliphatic carbocycles. The normalized spacial score (nSPS) is 16.6. The highest BCUT2D eigenvalue weighted by Gasteiger charge is 2.23. The number of morpholine rings is 1. The Kier molecular flexibility index (Phi) is 5.43. The van der Waals surface area contributed by atoms with Crippen molar-refractivity contribution in [1.82, 2.24) is 0 Å². The van der Waals surface area contributed by atoms with E-state index < -0.39 is 11.6 Å². The molecular weight excluding hydrogens is 364 g/mol. The molecule has 0 atom stereocenters. The number of amides is 1. The zero-order chi connectivity index (χ0) is 19.5. The van der Waals surface area contributed by atoms with Crippen molar-refractivity contribution in [3.05, 3.63) is 53.6 Å². The number of fused-ring (bicyclic) bond motifs is 1. The summed E-state index contributed by atoms with van der Waals surface area (Å²) in [4.78, 5) is 16.4. The lowest BCUT2D eigenvalue weighted by Gasteiger charge is -2.31. The highest BCUT2D eigenvalue weighted by molar-refractivity contribution is 5.94. The predicted molar refractivity (Wildman–Crippen MR) is 105 cm³/mol. The minimum atomic E-state index is -0.614. The number of nitrogens with one attached hydrogen (secondary N) is 1. The zero-order valence-electron chi connectivity index (χ0n) is 15.6. The molecule has 0 unspecified atom stereocenters. The molecule has 7 heteroatoms. The second-order valence-electron chi connectivity index (χ2n) is 7.11. The Labute approximate surface area is 162 Å². The first-order valence-electron chi connectivity index (χ1n) is 9.55. The van der Waals surface area contributed by atoms with Crippen LogP contribution in [-0.4, -0.2) is 45.3 Å². The van der Waals surface area contributed by atoms with E-state index in [0.717, 1.165) is 44.5 Å². The number of benzene rings is 2. The summed E-state index contributed by atoms with van der Waals surface area (Å²) < 4.78 is 33.1. The van der Waals surface area contributed by atoms with E-state index in [9.17, 15) is 13.6 Å². The molecule has 0 radical (unpaired) electrons. The van der Waals surface area contributed by atoms with Crippen LogP contribution in [0.3, 0.4) is 0 Å². The monoisotopic (exact) mass is 387 g/mol. The maximum Gasteiger partial charge on any atom is 0.243 e. The second-order valence-corrected chi connectivity index (χ2v) is 7.11. The maximum absolute atomic E-state index is 14.3. The van der Waals surface area contributed by atoms with Crippen LogP contribution in [-0.2, 0) is 16.0 Å². The molecule has 28 heavy (non-hydrogen) atoms. The lowest BCUT2D eigenvalue weighted by atomic mass is 10.0. The van der Waals surface area contributed by atoms with Gasteiger partial charge < -0.3 is 19.9 Å². The summed E-state index contributed by atoms with van der Waals surface area (Å²) in [5.41, 5.74) is 2.74. The van der Waals surface area contributed by atoms with Crippen molar-refractivity contribution < 1.29 is 18.3 Å². The summed E-state index contributed by atoms with van der Waals surface area (Å²) in [6.07, 6.45) is 1.38. The molecule has 1 N–H and O–H groups in total. The molecule has 2 aromatic carbocycles. The standard InChI is InChI=1S/C21H23F2N3O2/c22-16-12-15-2-1-7-26(21(15)19(23)13-16)14-20(27)24-17-3-5-18(6-4-17)25-8-10-28-11-9-25/h3-6,12-13H,1-2,7-11,14H2,(H,24,27). The van der Waals surface area contributed by atoms with E-state index in [1.54, 1.807) is 4.90 Å². The van der Waals surface area contributed by atoms with Gasteiger partial charge in [-0.05, 0) is 48.7 Å². The first-order chi connectivity index (χ1) is 13.6. The summed E-state index contributed by atoms with van der Waals surface area (Å²) in [5, 5.41) is 2.86. The molecule has 2 heterocycles. The maximum atomic E-state index is 14.3. The lowest BCUT2D eigenvalue weighted by molar-refractivity contribution is -0.115. The van der Waals surface area contributed by atoms with Gasteiger partial charge in [-0.1, -0.05) is 0 Å². The number of carbonyl (C=O) groups is 1. The van der Waals surface area contributed by atoms with Crippen molar-refractivity contribution in [1.29, 1.82) is 0 Å². The summed E-state index contributed by atoms with van der Waals surface area (Å²) in [5.74, 6) is -1.42. The number of carbonyl (C=O) groups excluding carboxylic acids is 1. The van der Waals surface area contributed by atoms with Gasteiger partial charge in [0.25, 0.3) is 0 Å². The van der Waals surface area contributed by atoms with E-state index in [1.165, 1.54) is 6.07 Å². The van der Waals surface area contributed by atoms with Gasteiger partial charge in [0.2, 0.25) is 5.91 Å². The fourth-order valence-corrected chi connectivity index (χ4v) is 3.85. The van der Waals surface area contributed by atoms with Gasteiger partial charge in [0.15, 0.2) is 0 Å². The molecule has 0 spiro atoms. The van der Waals surface area contributed by atoms with Crippen molar-refractivity contribution in [3.8, 4) is 0 Å². The lowest BCUT2D eigenvalue weighted by Crippen LogP contribution is -2.37. The van der Waals surface area contributed by atoms with E-state index in [4.69, 9.17) is 4.74 Å². The topological polar surface area (TPSA) is 44.8 Å². The van der Waals surface area contributed by atoms with E-state index in [-0.39, 0.29) is 12.5 Å².